The molecule has 0 aliphatic rings. The van der Waals surface area contributed by atoms with Crippen molar-refractivity contribution in [2.24, 2.45) is 0 Å². The molecule has 20 heavy (non-hydrogen) atoms. The lowest BCUT2D eigenvalue weighted by atomic mass is 10.2. The molecule has 0 aliphatic heterocycles. The zero-order valence-electron chi connectivity index (χ0n) is 12.1. The van der Waals surface area contributed by atoms with E-state index in [0.717, 1.165) is 12.1 Å². The van der Waals surface area contributed by atoms with Gasteiger partial charge in [0, 0.05) is 13.1 Å². The van der Waals surface area contributed by atoms with Crippen molar-refractivity contribution in [2.75, 3.05) is 26.8 Å². The summed E-state index contributed by atoms with van der Waals surface area (Å²) in [5.41, 5.74) is 0.999. The summed E-state index contributed by atoms with van der Waals surface area (Å²) < 4.78 is 10.7. The van der Waals surface area contributed by atoms with E-state index in [1.807, 2.05) is 19.9 Å². The Morgan fingerprint density at radius 1 is 1.30 bits per heavy atom. The van der Waals surface area contributed by atoms with Crippen molar-refractivity contribution in [3.05, 3.63) is 22.7 Å². The Hall–Kier alpha value is -1.46. The van der Waals surface area contributed by atoms with Crippen LogP contribution < -0.4 is 20.1 Å². The van der Waals surface area contributed by atoms with E-state index in [0.29, 0.717) is 29.6 Å². The molecule has 0 atom stereocenters. The third kappa shape index (κ3) is 4.90. The minimum Gasteiger partial charge on any atom is -0.493 e. The van der Waals surface area contributed by atoms with Crippen LogP contribution in [0, 0.1) is 0 Å². The minimum absolute atomic E-state index is 0.0868. The van der Waals surface area contributed by atoms with Crippen LogP contribution >= 0.6 is 11.6 Å². The second-order valence-electron chi connectivity index (χ2n) is 4.13. The molecule has 1 aromatic carbocycles. The second kappa shape index (κ2) is 8.66. The SMILES string of the molecule is CCNCc1cc(Cl)c(OCC(=O)NCC)c(OC)c1. The van der Waals surface area contributed by atoms with Crippen molar-refractivity contribution >= 4 is 17.5 Å². The van der Waals surface area contributed by atoms with Gasteiger partial charge >= 0.3 is 0 Å². The van der Waals surface area contributed by atoms with Gasteiger partial charge in [0.1, 0.15) is 0 Å². The van der Waals surface area contributed by atoms with Crippen molar-refractivity contribution in [3.8, 4) is 11.5 Å². The summed E-state index contributed by atoms with van der Waals surface area (Å²) in [7, 11) is 1.54. The van der Waals surface area contributed by atoms with Crippen LogP contribution in [0.4, 0.5) is 0 Å². The Labute approximate surface area is 124 Å². The highest BCUT2D eigenvalue weighted by Crippen LogP contribution is 2.36. The third-order valence-electron chi connectivity index (χ3n) is 2.59. The van der Waals surface area contributed by atoms with Gasteiger partial charge in [-0.1, -0.05) is 18.5 Å². The summed E-state index contributed by atoms with van der Waals surface area (Å²) in [6.45, 7) is 5.92. The first kappa shape index (κ1) is 16.6. The first-order chi connectivity index (χ1) is 9.62. The van der Waals surface area contributed by atoms with E-state index in [1.54, 1.807) is 13.2 Å². The second-order valence-corrected chi connectivity index (χ2v) is 4.54. The molecule has 0 aliphatic carbocycles. The van der Waals surface area contributed by atoms with Gasteiger partial charge in [0.2, 0.25) is 0 Å². The largest absolute Gasteiger partial charge is 0.493 e. The molecule has 0 aromatic heterocycles. The van der Waals surface area contributed by atoms with Gasteiger partial charge in [-0.15, -0.1) is 0 Å². The fourth-order valence-corrected chi connectivity index (χ4v) is 1.96. The van der Waals surface area contributed by atoms with Crippen LogP contribution in [-0.2, 0) is 11.3 Å². The first-order valence-electron chi connectivity index (χ1n) is 6.58. The molecule has 0 heterocycles. The number of carbonyl (C=O) groups excluding carboxylic acids is 1. The predicted molar refractivity (Wildman–Crippen MR) is 79.6 cm³/mol. The Kier molecular flexibility index (Phi) is 7.18. The molecule has 2 N–H and O–H groups in total. The maximum Gasteiger partial charge on any atom is 0.257 e. The number of halogens is 1. The van der Waals surface area contributed by atoms with Crippen molar-refractivity contribution in [3.63, 3.8) is 0 Å². The number of ether oxygens (including phenoxy) is 2. The van der Waals surface area contributed by atoms with E-state index in [9.17, 15) is 4.79 Å². The van der Waals surface area contributed by atoms with Crippen LogP contribution in [0.5, 0.6) is 11.5 Å². The number of rotatable bonds is 8. The average Bonchev–Trinajstić information content (AvgIpc) is 2.43. The Morgan fingerprint density at radius 2 is 2.05 bits per heavy atom. The number of hydrogen-bond acceptors (Lipinski definition) is 4. The number of benzene rings is 1. The van der Waals surface area contributed by atoms with E-state index in [4.69, 9.17) is 21.1 Å². The van der Waals surface area contributed by atoms with Crippen LogP contribution in [-0.4, -0.2) is 32.7 Å². The molecular weight excluding hydrogens is 280 g/mol. The van der Waals surface area contributed by atoms with Crippen LogP contribution in [0.1, 0.15) is 19.4 Å². The van der Waals surface area contributed by atoms with Gasteiger partial charge in [0.25, 0.3) is 5.91 Å². The highest BCUT2D eigenvalue weighted by molar-refractivity contribution is 6.32. The van der Waals surface area contributed by atoms with Gasteiger partial charge in [0.15, 0.2) is 18.1 Å². The van der Waals surface area contributed by atoms with Gasteiger partial charge in [-0.2, -0.15) is 0 Å². The summed E-state index contributed by atoms with van der Waals surface area (Å²) in [5, 5.41) is 6.30. The fourth-order valence-electron chi connectivity index (χ4n) is 1.67. The summed E-state index contributed by atoms with van der Waals surface area (Å²) in [6, 6.07) is 3.65. The van der Waals surface area contributed by atoms with Crippen LogP contribution in [0.15, 0.2) is 12.1 Å². The van der Waals surface area contributed by atoms with E-state index in [1.165, 1.54) is 0 Å². The van der Waals surface area contributed by atoms with Crippen LogP contribution in [0.2, 0.25) is 5.02 Å². The molecule has 1 rings (SSSR count). The molecule has 0 saturated carbocycles. The van der Waals surface area contributed by atoms with Gasteiger partial charge in [-0.05, 0) is 31.2 Å². The van der Waals surface area contributed by atoms with Crippen LogP contribution in [0.25, 0.3) is 0 Å². The van der Waals surface area contributed by atoms with Crippen LogP contribution in [0.3, 0.4) is 0 Å². The van der Waals surface area contributed by atoms with Crippen molar-refractivity contribution in [1.82, 2.24) is 10.6 Å². The molecule has 0 saturated heterocycles. The lowest BCUT2D eigenvalue weighted by Crippen LogP contribution is -2.28. The lowest BCUT2D eigenvalue weighted by Gasteiger charge is -2.14. The molecule has 0 radical (unpaired) electrons. The number of carbonyl (C=O) groups is 1. The number of nitrogens with one attached hydrogen (secondary N) is 2. The smallest absolute Gasteiger partial charge is 0.257 e. The van der Waals surface area contributed by atoms with E-state index >= 15 is 0 Å². The van der Waals surface area contributed by atoms with E-state index in [-0.39, 0.29) is 12.5 Å². The van der Waals surface area contributed by atoms with Crippen molar-refractivity contribution in [2.45, 2.75) is 20.4 Å². The Balaban J connectivity index is 2.81. The normalized spacial score (nSPS) is 10.2. The van der Waals surface area contributed by atoms with Gasteiger partial charge in [0.05, 0.1) is 12.1 Å². The minimum atomic E-state index is -0.192. The third-order valence-corrected chi connectivity index (χ3v) is 2.87. The van der Waals surface area contributed by atoms with Gasteiger partial charge < -0.3 is 20.1 Å². The van der Waals surface area contributed by atoms with Crippen molar-refractivity contribution < 1.29 is 14.3 Å². The fraction of sp³-hybridized carbons (Fsp3) is 0.500. The maximum atomic E-state index is 11.4. The molecule has 0 unspecified atom stereocenters. The molecule has 0 spiro atoms. The summed E-state index contributed by atoms with van der Waals surface area (Å²) >= 11 is 6.19. The molecule has 1 amide bonds. The predicted octanol–water partition coefficient (Wildman–Crippen LogP) is 1.97. The quantitative estimate of drug-likeness (QED) is 0.771. The molecule has 1 aromatic rings. The number of likely N-dealkylation sites (N-methyl/N-ethyl adjacent to an activating group) is 1. The molecule has 6 heteroatoms. The highest BCUT2D eigenvalue weighted by atomic mass is 35.5. The number of amides is 1. The van der Waals surface area contributed by atoms with Gasteiger partial charge in [-0.25, -0.2) is 0 Å². The topological polar surface area (TPSA) is 59.6 Å². The molecule has 0 fully saturated rings. The van der Waals surface area contributed by atoms with E-state index in [2.05, 4.69) is 10.6 Å². The monoisotopic (exact) mass is 300 g/mol. The Morgan fingerprint density at radius 3 is 2.65 bits per heavy atom. The standard InChI is InChI=1S/C14H21ClN2O3/c1-4-16-8-10-6-11(15)14(12(7-10)19-3)20-9-13(18)17-5-2/h6-7,16H,4-5,8-9H2,1-3H3,(H,17,18). The molecule has 0 bridgehead atoms. The number of hydrogen-bond donors (Lipinski definition) is 2. The average molecular weight is 301 g/mol. The van der Waals surface area contributed by atoms with Crippen molar-refractivity contribution in [1.29, 1.82) is 0 Å². The maximum absolute atomic E-state index is 11.4. The lowest BCUT2D eigenvalue weighted by molar-refractivity contribution is -0.122. The van der Waals surface area contributed by atoms with E-state index < -0.39 is 0 Å². The summed E-state index contributed by atoms with van der Waals surface area (Å²) in [6.07, 6.45) is 0. The summed E-state index contributed by atoms with van der Waals surface area (Å²) in [5.74, 6) is 0.720. The molecule has 112 valence electrons. The zero-order valence-corrected chi connectivity index (χ0v) is 12.8. The number of methoxy groups -OCH3 is 1. The zero-order chi connectivity index (χ0) is 15.0. The van der Waals surface area contributed by atoms with Gasteiger partial charge in [-0.3, -0.25) is 4.79 Å². The first-order valence-corrected chi connectivity index (χ1v) is 6.96. The Bertz CT molecular complexity index is 452. The molecule has 5 nitrogen and oxygen atoms in total. The molecular formula is C14H21ClN2O3. The highest BCUT2D eigenvalue weighted by Gasteiger charge is 2.13. The summed E-state index contributed by atoms with van der Waals surface area (Å²) in [4.78, 5) is 11.4.